The van der Waals surface area contributed by atoms with Crippen LogP contribution >= 0.6 is 11.8 Å². The Morgan fingerprint density at radius 1 is 1.00 bits per heavy atom. The van der Waals surface area contributed by atoms with Crippen molar-refractivity contribution < 1.29 is 9.53 Å². The SMILES string of the molecule is COc1ccc(SCC(=O)N2CCN(Cc3ccccc3)CC2)cc1. The van der Waals surface area contributed by atoms with Crippen LogP contribution in [-0.2, 0) is 11.3 Å². The number of piperazine rings is 1. The van der Waals surface area contributed by atoms with E-state index < -0.39 is 0 Å². The molecule has 2 aromatic carbocycles. The monoisotopic (exact) mass is 356 g/mol. The van der Waals surface area contributed by atoms with Gasteiger partial charge in [-0.3, -0.25) is 9.69 Å². The highest BCUT2D eigenvalue weighted by Gasteiger charge is 2.21. The molecule has 1 aliphatic rings. The number of hydrogen-bond acceptors (Lipinski definition) is 4. The second-order valence-electron chi connectivity index (χ2n) is 6.11. The van der Waals surface area contributed by atoms with Crippen molar-refractivity contribution in [1.82, 2.24) is 9.80 Å². The second-order valence-corrected chi connectivity index (χ2v) is 7.16. The predicted octanol–water partition coefficient (Wildman–Crippen LogP) is 3.13. The zero-order valence-corrected chi connectivity index (χ0v) is 15.4. The average Bonchev–Trinajstić information content (AvgIpc) is 2.68. The average molecular weight is 356 g/mol. The third kappa shape index (κ3) is 5.25. The van der Waals surface area contributed by atoms with Crippen molar-refractivity contribution in [2.75, 3.05) is 39.0 Å². The summed E-state index contributed by atoms with van der Waals surface area (Å²) in [5, 5.41) is 0. The predicted molar refractivity (Wildman–Crippen MR) is 102 cm³/mol. The summed E-state index contributed by atoms with van der Waals surface area (Å²) in [7, 11) is 1.66. The van der Waals surface area contributed by atoms with Crippen LogP contribution in [0.2, 0.25) is 0 Å². The topological polar surface area (TPSA) is 32.8 Å². The lowest BCUT2D eigenvalue weighted by molar-refractivity contribution is -0.130. The first-order chi connectivity index (χ1) is 12.2. The summed E-state index contributed by atoms with van der Waals surface area (Å²) in [4.78, 5) is 17.9. The van der Waals surface area contributed by atoms with E-state index in [9.17, 15) is 4.79 Å². The molecule has 3 rings (SSSR count). The molecule has 25 heavy (non-hydrogen) atoms. The lowest BCUT2D eigenvalue weighted by Gasteiger charge is -2.34. The Balaban J connectivity index is 1.41. The number of hydrogen-bond donors (Lipinski definition) is 0. The largest absolute Gasteiger partial charge is 0.497 e. The number of carbonyl (C=O) groups excluding carboxylic acids is 1. The lowest BCUT2D eigenvalue weighted by Crippen LogP contribution is -2.48. The fraction of sp³-hybridized carbons (Fsp3) is 0.350. The van der Waals surface area contributed by atoms with E-state index >= 15 is 0 Å². The van der Waals surface area contributed by atoms with E-state index in [0.29, 0.717) is 5.75 Å². The summed E-state index contributed by atoms with van der Waals surface area (Å²) in [6.45, 7) is 4.47. The van der Waals surface area contributed by atoms with Crippen LogP contribution in [0.15, 0.2) is 59.5 Å². The normalized spacial score (nSPS) is 15.2. The Morgan fingerprint density at radius 3 is 2.32 bits per heavy atom. The molecule has 0 aromatic heterocycles. The summed E-state index contributed by atoms with van der Waals surface area (Å²) in [6.07, 6.45) is 0. The molecule has 0 aliphatic carbocycles. The van der Waals surface area contributed by atoms with Crippen LogP contribution in [0, 0.1) is 0 Å². The first-order valence-corrected chi connectivity index (χ1v) is 9.54. The molecular formula is C20H24N2O2S. The first-order valence-electron chi connectivity index (χ1n) is 8.55. The van der Waals surface area contributed by atoms with Gasteiger partial charge in [-0.25, -0.2) is 0 Å². The van der Waals surface area contributed by atoms with E-state index in [4.69, 9.17) is 4.74 Å². The number of methoxy groups -OCH3 is 1. The molecule has 4 nitrogen and oxygen atoms in total. The summed E-state index contributed by atoms with van der Waals surface area (Å²) >= 11 is 1.58. The van der Waals surface area contributed by atoms with Gasteiger partial charge in [0.15, 0.2) is 0 Å². The maximum absolute atomic E-state index is 12.4. The minimum Gasteiger partial charge on any atom is -0.497 e. The Labute approximate surface area is 153 Å². The van der Waals surface area contributed by atoms with Gasteiger partial charge < -0.3 is 9.64 Å². The zero-order valence-electron chi connectivity index (χ0n) is 14.6. The Bertz CT molecular complexity index is 668. The van der Waals surface area contributed by atoms with E-state index in [0.717, 1.165) is 43.4 Å². The van der Waals surface area contributed by atoms with Crippen LogP contribution in [0.1, 0.15) is 5.56 Å². The summed E-state index contributed by atoms with van der Waals surface area (Å²) < 4.78 is 5.15. The summed E-state index contributed by atoms with van der Waals surface area (Å²) in [5.74, 6) is 1.55. The standard InChI is InChI=1S/C20H24N2O2S/c1-24-18-7-9-19(10-8-18)25-16-20(23)22-13-11-21(12-14-22)15-17-5-3-2-4-6-17/h2-10H,11-16H2,1H3. The molecule has 1 saturated heterocycles. The fourth-order valence-corrected chi connectivity index (χ4v) is 3.71. The van der Waals surface area contributed by atoms with Crippen molar-refractivity contribution in [2.24, 2.45) is 0 Å². The molecule has 1 aliphatic heterocycles. The maximum atomic E-state index is 12.4. The molecule has 0 saturated carbocycles. The first kappa shape index (κ1) is 17.8. The van der Waals surface area contributed by atoms with Crippen LogP contribution in [-0.4, -0.2) is 54.7 Å². The maximum Gasteiger partial charge on any atom is 0.233 e. The van der Waals surface area contributed by atoms with Gasteiger partial charge in [0, 0.05) is 37.6 Å². The van der Waals surface area contributed by atoms with Crippen molar-refractivity contribution in [3.05, 3.63) is 60.2 Å². The van der Waals surface area contributed by atoms with Gasteiger partial charge in [0.1, 0.15) is 5.75 Å². The molecule has 132 valence electrons. The van der Waals surface area contributed by atoms with E-state index in [1.165, 1.54) is 5.56 Å². The number of amides is 1. The lowest BCUT2D eigenvalue weighted by atomic mass is 10.2. The number of carbonyl (C=O) groups is 1. The quantitative estimate of drug-likeness (QED) is 0.745. The molecule has 0 radical (unpaired) electrons. The molecule has 0 N–H and O–H groups in total. The number of ether oxygens (including phenoxy) is 1. The van der Waals surface area contributed by atoms with Crippen molar-refractivity contribution in [2.45, 2.75) is 11.4 Å². The van der Waals surface area contributed by atoms with E-state index in [1.54, 1.807) is 18.9 Å². The highest BCUT2D eigenvalue weighted by atomic mass is 32.2. The minimum absolute atomic E-state index is 0.222. The van der Waals surface area contributed by atoms with Gasteiger partial charge in [0.2, 0.25) is 5.91 Å². The van der Waals surface area contributed by atoms with Crippen LogP contribution in [0.4, 0.5) is 0 Å². The second kappa shape index (κ2) is 8.92. The van der Waals surface area contributed by atoms with Gasteiger partial charge in [-0.15, -0.1) is 11.8 Å². The molecule has 1 fully saturated rings. The van der Waals surface area contributed by atoms with E-state index in [-0.39, 0.29) is 5.91 Å². The fourth-order valence-electron chi connectivity index (χ4n) is 2.91. The van der Waals surface area contributed by atoms with Crippen molar-refractivity contribution in [3.8, 4) is 5.75 Å². The van der Waals surface area contributed by atoms with Crippen LogP contribution in [0.5, 0.6) is 5.75 Å². The number of rotatable bonds is 6. The zero-order chi connectivity index (χ0) is 17.5. The molecule has 0 unspecified atom stereocenters. The van der Waals surface area contributed by atoms with Crippen LogP contribution in [0.25, 0.3) is 0 Å². The molecule has 0 spiro atoms. The van der Waals surface area contributed by atoms with Crippen molar-refractivity contribution >= 4 is 17.7 Å². The van der Waals surface area contributed by atoms with E-state index in [1.807, 2.05) is 35.2 Å². The number of nitrogens with zero attached hydrogens (tertiary/aromatic N) is 2. The molecule has 0 bridgehead atoms. The highest BCUT2D eigenvalue weighted by Crippen LogP contribution is 2.22. The molecule has 0 atom stereocenters. The van der Waals surface area contributed by atoms with Gasteiger partial charge in [0.25, 0.3) is 0 Å². The highest BCUT2D eigenvalue weighted by molar-refractivity contribution is 8.00. The molecule has 2 aromatic rings. The van der Waals surface area contributed by atoms with Gasteiger partial charge in [-0.05, 0) is 29.8 Å². The summed E-state index contributed by atoms with van der Waals surface area (Å²) in [5.41, 5.74) is 1.33. The van der Waals surface area contributed by atoms with Gasteiger partial charge >= 0.3 is 0 Å². The Hall–Kier alpha value is -1.98. The smallest absolute Gasteiger partial charge is 0.233 e. The molecular weight excluding hydrogens is 332 g/mol. The van der Waals surface area contributed by atoms with Crippen LogP contribution in [0.3, 0.4) is 0 Å². The van der Waals surface area contributed by atoms with Crippen molar-refractivity contribution in [1.29, 1.82) is 0 Å². The van der Waals surface area contributed by atoms with Gasteiger partial charge in [-0.2, -0.15) is 0 Å². The molecule has 5 heteroatoms. The third-order valence-electron chi connectivity index (χ3n) is 4.40. The van der Waals surface area contributed by atoms with Crippen LogP contribution < -0.4 is 4.74 Å². The number of benzene rings is 2. The van der Waals surface area contributed by atoms with Gasteiger partial charge in [-0.1, -0.05) is 30.3 Å². The van der Waals surface area contributed by atoms with Gasteiger partial charge in [0.05, 0.1) is 12.9 Å². The molecule has 1 heterocycles. The Morgan fingerprint density at radius 2 is 1.68 bits per heavy atom. The molecule has 1 amide bonds. The third-order valence-corrected chi connectivity index (χ3v) is 5.39. The van der Waals surface area contributed by atoms with Crippen molar-refractivity contribution in [3.63, 3.8) is 0 Å². The number of thioether (sulfide) groups is 1. The minimum atomic E-state index is 0.222. The Kier molecular flexibility index (Phi) is 6.36. The summed E-state index contributed by atoms with van der Waals surface area (Å²) in [6, 6.07) is 18.3. The van der Waals surface area contributed by atoms with E-state index in [2.05, 4.69) is 29.2 Å².